The van der Waals surface area contributed by atoms with Crippen molar-refractivity contribution in [3.8, 4) is 11.3 Å². The number of unbranched alkanes of at least 4 members (excludes halogenated alkanes) is 1. The third-order valence-electron chi connectivity index (χ3n) is 7.03. The van der Waals surface area contributed by atoms with Crippen molar-refractivity contribution >= 4 is 22.6 Å². The molecule has 4 heterocycles. The van der Waals surface area contributed by atoms with Crippen molar-refractivity contribution < 1.29 is 4.79 Å². The lowest BCUT2D eigenvalue weighted by Crippen LogP contribution is -2.23. The van der Waals surface area contributed by atoms with Gasteiger partial charge in [0.25, 0.3) is 5.91 Å². The molecular formula is C31H37N7O. The molecule has 0 aliphatic heterocycles. The van der Waals surface area contributed by atoms with E-state index >= 15 is 0 Å². The SMILES string of the molecule is CCCCN(C)Cc1cccc(-c2cc(C(=O)NCc3cn4cccc(C)c4n3)c3cnn(C(C)C)c3n2)c1. The van der Waals surface area contributed by atoms with Crippen molar-refractivity contribution in [2.45, 2.75) is 59.7 Å². The molecular weight excluding hydrogens is 486 g/mol. The molecule has 1 amide bonds. The molecule has 8 heteroatoms. The molecule has 0 fully saturated rings. The summed E-state index contributed by atoms with van der Waals surface area (Å²) in [4.78, 5) is 25.6. The number of pyridine rings is 2. The second kappa shape index (κ2) is 11.4. The maximum atomic E-state index is 13.6. The lowest BCUT2D eigenvalue weighted by atomic mass is 10.0. The second-order valence-corrected chi connectivity index (χ2v) is 10.6. The minimum atomic E-state index is -0.170. The Hall–Kier alpha value is -4.04. The summed E-state index contributed by atoms with van der Waals surface area (Å²) < 4.78 is 3.86. The van der Waals surface area contributed by atoms with Crippen LogP contribution < -0.4 is 5.32 Å². The zero-order chi connectivity index (χ0) is 27.5. The van der Waals surface area contributed by atoms with E-state index in [1.807, 2.05) is 46.6 Å². The molecule has 0 atom stereocenters. The molecule has 5 rings (SSSR count). The number of amides is 1. The molecule has 0 aliphatic rings. The highest BCUT2D eigenvalue weighted by Crippen LogP contribution is 2.27. The van der Waals surface area contributed by atoms with Crippen LogP contribution >= 0.6 is 0 Å². The third kappa shape index (κ3) is 5.71. The Labute approximate surface area is 229 Å². The van der Waals surface area contributed by atoms with Crippen LogP contribution in [0.15, 0.2) is 61.1 Å². The number of carbonyl (C=O) groups excluding carboxylic acids is 1. The Morgan fingerprint density at radius 2 is 1.95 bits per heavy atom. The van der Waals surface area contributed by atoms with Gasteiger partial charge in [0, 0.05) is 30.5 Å². The second-order valence-electron chi connectivity index (χ2n) is 10.6. The van der Waals surface area contributed by atoms with E-state index < -0.39 is 0 Å². The quantitative estimate of drug-likeness (QED) is 0.250. The van der Waals surface area contributed by atoms with Crippen LogP contribution in [0.5, 0.6) is 0 Å². The van der Waals surface area contributed by atoms with Gasteiger partial charge in [0.1, 0.15) is 5.65 Å². The normalized spacial score (nSPS) is 11.8. The molecule has 202 valence electrons. The van der Waals surface area contributed by atoms with Crippen molar-refractivity contribution in [1.29, 1.82) is 0 Å². The highest BCUT2D eigenvalue weighted by atomic mass is 16.1. The fraction of sp³-hybridized carbons (Fsp3) is 0.355. The minimum absolute atomic E-state index is 0.112. The van der Waals surface area contributed by atoms with Gasteiger partial charge in [0.15, 0.2) is 5.65 Å². The summed E-state index contributed by atoms with van der Waals surface area (Å²) in [5.41, 5.74) is 7.04. The fourth-order valence-electron chi connectivity index (χ4n) is 4.94. The van der Waals surface area contributed by atoms with Gasteiger partial charge in [-0.05, 0) is 70.1 Å². The Morgan fingerprint density at radius 1 is 1.10 bits per heavy atom. The van der Waals surface area contributed by atoms with Crippen molar-refractivity contribution in [3.05, 3.63) is 83.4 Å². The first-order valence-electron chi connectivity index (χ1n) is 13.7. The maximum Gasteiger partial charge on any atom is 0.252 e. The third-order valence-corrected chi connectivity index (χ3v) is 7.03. The number of rotatable bonds is 10. The average molecular weight is 524 g/mol. The van der Waals surface area contributed by atoms with Crippen LogP contribution in [-0.2, 0) is 13.1 Å². The van der Waals surface area contributed by atoms with E-state index in [0.717, 1.165) is 46.6 Å². The summed E-state index contributed by atoms with van der Waals surface area (Å²) in [6, 6.07) is 14.5. The predicted molar refractivity (Wildman–Crippen MR) is 156 cm³/mol. The lowest BCUT2D eigenvalue weighted by molar-refractivity contribution is 0.0952. The van der Waals surface area contributed by atoms with Gasteiger partial charge < -0.3 is 14.6 Å². The first-order valence-corrected chi connectivity index (χ1v) is 13.7. The van der Waals surface area contributed by atoms with Crippen LogP contribution in [0.1, 0.15) is 66.8 Å². The number of hydrogen-bond acceptors (Lipinski definition) is 5. The molecule has 8 nitrogen and oxygen atoms in total. The van der Waals surface area contributed by atoms with Crippen LogP contribution in [-0.4, -0.2) is 48.5 Å². The number of nitrogens with zero attached hydrogens (tertiary/aromatic N) is 6. The molecule has 1 aromatic carbocycles. The molecule has 39 heavy (non-hydrogen) atoms. The molecule has 0 aliphatic carbocycles. The fourth-order valence-corrected chi connectivity index (χ4v) is 4.94. The highest BCUT2D eigenvalue weighted by Gasteiger charge is 2.19. The van der Waals surface area contributed by atoms with Gasteiger partial charge in [0.05, 0.1) is 35.1 Å². The molecule has 5 aromatic rings. The molecule has 4 aromatic heterocycles. The number of aryl methyl sites for hydroxylation is 1. The van der Waals surface area contributed by atoms with Crippen molar-refractivity contribution in [1.82, 2.24) is 34.4 Å². The van der Waals surface area contributed by atoms with E-state index in [4.69, 9.17) is 9.97 Å². The van der Waals surface area contributed by atoms with Gasteiger partial charge in [-0.15, -0.1) is 0 Å². The van der Waals surface area contributed by atoms with E-state index in [0.29, 0.717) is 17.8 Å². The van der Waals surface area contributed by atoms with E-state index in [1.54, 1.807) is 6.20 Å². The Kier molecular flexibility index (Phi) is 7.74. The molecule has 1 N–H and O–H groups in total. The van der Waals surface area contributed by atoms with Gasteiger partial charge >= 0.3 is 0 Å². The zero-order valence-electron chi connectivity index (χ0n) is 23.5. The van der Waals surface area contributed by atoms with Crippen molar-refractivity contribution in [3.63, 3.8) is 0 Å². The topological polar surface area (TPSA) is 80.4 Å². The van der Waals surface area contributed by atoms with Gasteiger partial charge in [-0.3, -0.25) is 4.79 Å². The number of aromatic nitrogens is 5. The summed E-state index contributed by atoms with van der Waals surface area (Å²) in [5, 5.41) is 8.38. The van der Waals surface area contributed by atoms with E-state index in [2.05, 4.69) is 67.4 Å². The maximum absolute atomic E-state index is 13.6. The van der Waals surface area contributed by atoms with E-state index in [-0.39, 0.29) is 11.9 Å². The Morgan fingerprint density at radius 3 is 2.72 bits per heavy atom. The van der Waals surface area contributed by atoms with Crippen LogP contribution in [0.2, 0.25) is 0 Å². The minimum Gasteiger partial charge on any atom is -0.346 e. The molecule has 0 unspecified atom stereocenters. The van der Waals surface area contributed by atoms with Crippen LogP contribution in [0.25, 0.3) is 27.9 Å². The summed E-state index contributed by atoms with van der Waals surface area (Å²) >= 11 is 0. The molecule has 0 saturated heterocycles. The van der Waals surface area contributed by atoms with E-state index in [9.17, 15) is 4.79 Å². The summed E-state index contributed by atoms with van der Waals surface area (Å²) in [6.07, 6.45) is 8.03. The number of nitrogens with one attached hydrogen (secondary N) is 1. The number of benzene rings is 1. The molecule has 0 saturated carbocycles. The first kappa shape index (κ1) is 26.6. The first-order chi connectivity index (χ1) is 18.8. The number of hydrogen-bond donors (Lipinski definition) is 1. The lowest BCUT2D eigenvalue weighted by Gasteiger charge is -2.17. The van der Waals surface area contributed by atoms with Crippen molar-refractivity contribution in [2.24, 2.45) is 0 Å². The van der Waals surface area contributed by atoms with Gasteiger partial charge in [0.2, 0.25) is 0 Å². The van der Waals surface area contributed by atoms with Crippen LogP contribution in [0.3, 0.4) is 0 Å². The Balaban J connectivity index is 1.46. The number of carbonyl (C=O) groups is 1. The largest absolute Gasteiger partial charge is 0.346 e. The van der Waals surface area contributed by atoms with Gasteiger partial charge in [-0.25, -0.2) is 14.6 Å². The summed E-state index contributed by atoms with van der Waals surface area (Å²) in [6.45, 7) is 10.6. The summed E-state index contributed by atoms with van der Waals surface area (Å²) in [5.74, 6) is -0.170. The molecule has 0 bridgehead atoms. The van der Waals surface area contributed by atoms with Gasteiger partial charge in [-0.2, -0.15) is 5.10 Å². The number of imidazole rings is 1. The van der Waals surface area contributed by atoms with Gasteiger partial charge in [-0.1, -0.05) is 37.6 Å². The van der Waals surface area contributed by atoms with Crippen LogP contribution in [0, 0.1) is 6.92 Å². The highest BCUT2D eigenvalue weighted by molar-refractivity contribution is 6.06. The van der Waals surface area contributed by atoms with Crippen molar-refractivity contribution in [2.75, 3.05) is 13.6 Å². The monoisotopic (exact) mass is 523 g/mol. The smallest absolute Gasteiger partial charge is 0.252 e. The molecule has 0 radical (unpaired) electrons. The average Bonchev–Trinajstić information content (AvgIpc) is 3.55. The summed E-state index contributed by atoms with van der Waals surface area (Å²) in [7, 11) is 2.15. The number of fused-ring (bicyclic) bond motifs is 2. The predicted octanol–water partition coefficient (Wildman–Crippen LogP) is 5.80. The Bertz CT molecular complexity index is 1610. The zero-order valence-corrected chi connectivity index (χ0v) is 23.5. The van der Waals surface area contributed by atoms with Crippen LogP contribution in [0.4, 0.5) is 0 Å². The van der Waals surface area contributed by atoms with E-state index in [1.165, 1.54) is 18.4 Å². The molecule has 0 spiro atoms. The standard InChI is InChI=1S/C31H37N7O/c1-6-7-13-36(5)19-23-11-8-12-24(15-23)28-16-26(27-18-33-38(21(2)3)30(27)35-28)31(39)32-17-25-20-37-14-9-10-22(4)29(37)34-25/h8-12,14-16,18,20-21H,6-7,13,17,19H2,1-5H3,(H,32,39).